The molecule has 0 saturated carbocycles. The highest BCUT2D eigenvalue weighted by atomic mass is 19.1. The summed E-state index contributed by atoms with van der Waals surface area (Å²) in [5.74, 6) is 0.437. The van der Waals surface area contributed by atoms with E-state index in [1.807, 2.05) is 6.07 Å². The third-order valence-electron chi connectivity index (χ3n) is 4.79. The number of likely N-dealkylation sites (tertiary alicyclic amines) is 1. The Morgan fingerprint density at radius 2 is 1.92 bits per heavy atom. The van der Waals surface area contributed by atoms with Gasteiger partial charge in [0.05, 0.1) is 6.54 Å². The van der Waals surface area contributed by atoms with E-state index in [0.29, 0.717) is 12.2 Å². The van der Waals surface area contributed by atoms with Crippen molar-refractivity contribution in [1.82, 2.24) is 4.90 Å². The van der Waals surface area contributed by atoms with Crippen molar-refractivity contribution in [2.75, 3.05) is 25.0 Å². The molecule has 0 spiro atoms. The SMILES string of the molecule is Cc1ccc(OC2CCN(CC(=O)Nc3cccc(F)c3)CC2)cc1C. The molecular weight excluding hydrogens is 331 g/mol. The number of benzene rings is 2. The monoisotopic (exact) mass is 356 g/mol. The molecule has 1 N–H and O–H groups in total. The number of amides is 1. The van der Waals surface area contributed by atoms with Gasteiger partial charge in [-0.05, 0) is 68.1 Å². The number of carbonyl (C=O) groups excluding carboxylic acids is 1. The summed E-state index contributed by atoms with van der Waals surface area (Å²) in [6.45, 7) is 6.11. The van der Waals surface area contributed by atoms with E-state index in [1.54, 1.807) is 12.1 Å². The summed E-state index contributed by atoms with van der Waals surface area (Å²) in [5, 5.41) is 2.74. The Morgan fingerprint density at radius 3 is 2.62 bits per heavy atom. The standard InChI is InChI=1S/C21H25FN2O2/c1-15-6-7-20(12-16(15)2)26-19-8-10-24(11-9-19)14-21(25)23-18-5-3-4-17(22)13-18/h3-7,12-13,19H,8-11,14H2,1-2H3,(H,23,25). The van der Waals surface area contributed by atoms with Crippen molar-refractivity contribution < 1.29 is 13.9 Å². The number of rotatable bonds is 5. The third-order valence-corrected chi connectivity index (χ3v) is 4.79. The molecule has 0 radical (unpaired) electrons. The maximum atomic E-state index is 13.2. The Balaban J connectivity index is 1.44. The van der Waals surface area contributed by atoms with Crippen LogP contribution < -0.4 is 10.1 Å². The van der Waals surface area contributed by atoms with Gasteiger partial charge in [-0.2, -0.15) is 0 Å². The number of piperidine rings is 1. The Kier molecular flexibility index (Phi) is 5.89. The van der Waals surface area contributed by atoms with Gasteiger partial charge in [0, 0.05) is 18.8 Å². The van der Waals surface area contributed by atoms with E-state index >= 15 is 0 Å². The Morgan fingerprint density at radius 1 is 1.15 bits per heavy atom. The second-order valence-electron chi connectivity index (χ2n) is 6.90. The molecule has 1 aliphatic rings. The van der Waals surface area contributed by atoms with E-state index in [2.05, 4.69) is 36.2 Å². The molecule has 2 aromatic carbocycles. The van der Waals surface area contributed by atoms with Gasteiger partial charge in [-0.3, -0.25) is 9.69 Å². The van der Waals surface area contributed by atoms with Crippen LogP contribution in [-0.4, -0.2) is 36.5 Å². The summed E-state index contributed by atoms with van der Waals surface area (Å²) >= 11 is 0. The number of aryl methyl sites for hydroxylation is 2. The van der Waals surface area contributed by atoms with E-state index in [1.165, 1.54) is 23.3 Å². The van der Waals surface area contributed by atoms with Gasteiger partial charge in [0.2, 0.25) is 5.91 Å². The van der Waals surface area contributed by atoms with Crippen molar-refractivity contribution in [3.63, 3.8) is 0 Å². The van der Waals surface area contributed by atoms with Crippen molar-refractivity contribution >= 4 is 11.6 Å². The highest BCUT2D eigenvalue weighted by Crippen LogP contribution is 2.21. The molecule has 0 aliphatic carbocycles. The normalized spacial score (nSPS) is 15.7. The summed E-state index contributed by atoms with van der Waals surface area (Å²) in [6, 6.07) is 12.1. The summed E-state index contributed by atoms with van der Waals surface area (Å²) in [5.41, 5.74) is 2.98. The van der Waals surface area contributed by atoms with E-state index < -0.39 is 0 Å². The molecular formula is C21H25FN2O2. The molecule has 3 rings (SSSR count). The molecule has 1 heterocycles. The largest absolute Gasteiger partial charge is 0.490 e. The molecule has 1 amide bonds. The van der Waals surface area contributed by atoms with E-state index in [-0.39, 0.29) is 17.8 Å². The Bertz CT molecular complexity index is 770. The van der Waals surface area contributed by atoms with Gasteiger partial charge in [-0.15, -0.1) is 0 Å². The van der Waals surface area contributed by atoms with Gasteiger partial charge in [0.25, 0.3) is 0 Å². The van der Waals surface area contributed by atoms with Crippen LogP contribution in [0.1, 0.15) is 24.0 Å². The molecule has 0 atom stereocenters. The second-order valence-corrected chi connectivity index (χ2v) is 6.90. The smallest absolute Gasteiger partial charge is 0.238 e. The molecule has 1 aliphatic heterocycles. The van der Waals surface area contributed by atoms with Gasteiger partial charge >= 0.3 is 0 Å². The quantitative estimate of drug-likeness (QED) is 0.883. The van der Waals surface area contributed by atoms with Gasteiger partial charge in [0.15, 0.2) is 0 Å². The van der Waals surface area contributed by atoms with Crippen LogP contribution in [0.4, 0.5) is 10.1 Å². The van der Waals surface area contributed by atoms with Crippen LogP contribution in [0, 0.1) is 19.7 Å². The van der Waals surface area contributed by atoms with Crippen molar-refractivity contribution in [3.8, 4) is 5.75 Å². The zero-order chi connectivity index (χ0) is 18.5. The minimum Gasteiger partial charge on any atom is -0.490 e. The lowest BCUT2D eigenvalue weighted by molar-refractivity contribution is -0.117. The lowest BCUT2D eigenvalue weighted by Gasteiger charge is -2.31. The predicted octanol–water partition coefficient (Wildman–Crippen LogP) is 3.92. The Hall–Kier alpha value is -2.40. The molecule has 138 valence electrons. The zero-order valence-corrected chi connectivity index (χ0v) is 15.3. The van der Waals surface area contributed by atoms with Crippen LogP contribution in [0.25, 0.3) is 0 Å². The minimum atomic E-state index is -0.355. The van der Waals surface area contributed by atoms with Crippen molar-refractivity contribution in [1.29, 1.82) is 0 Å². The third kappa shape index (κ3) is 5.05. The molecule has 5 heteroatoms. The first-order valence-corrected chi connectivity index (χ1v) is 9.01. The number of carbonyl (C=O) groups is 1. The summed E-state index contributed by atoms with van der Waals surface area (Å²) in [7, 11) is 0. The first kappa shape index (κ1) is 18.4. The van der Waals surface area contributed by atoms with E-state index in [0.717, 1.165) is 31.7 Å². The van der Waals surface area contributed by atoms with E-state index in [4.69, 9.17) is 4.74 Å². The fourth-order valence-corrected chi connectivity index (χ4v) is 3.13. The first-order chi connectivity index (χ1) is 12.5. The number of hydrogen-bond acceptors (Lipinski definition) is 3. The van der Waals surface area contributed by atoms with Crippen LogP contribution in [0.3, 0.4) is 0 Å². The van der Waals surface area contributed by atoms with Crippen LogP contribution in [0.2, 0.25) is 0 Å². The minimum absolute atomic E-state index is 0.121. The highest BCUT2D eigenvalue weighted by Gasteiger charge is 2.22. The van der Waals surface area contributed by atoms with Gasteiger partial charge in [-0.1, -0.05) is 12.1 Å². The fourth-order valence-electron chi connectivity index (χ4n) is 3.13. The number of hydrogen-bond donors (Lipinski definition) is 1. The summed E-state index contributed by atoms with van der Waals surface area (Å²) in [6.07, 6.45) is 1.96. The molecule has 4 nitrogen and oxygen atoms in total. The Labute approximate surface area is 154 Å². The molecule has 1 saturated heterocycles. The fraction of sp³-hybridized carbons (Fsp3) is 0.381. The van der Waals surface area contributed by atoms with Crippen LogP contribution in [0.15, 0.2) is 42.5 Å². The zero-order valence-electron chi connectivity index (χ0n) is 15.3. The van der Waals surface area contributed by atoms with Crippen molar-refractivity contribution in [3.05, 3.63) is 59.4 Å². The lowest BCUT2D eigenvalue weighted by Crippen LogP contribution is -2.42. The maximum absolute atomic E-state index is 13.2. The van der Waals surface area contributed by atoms with Crippen molar-refractivity contribution in [2.45, 2.75) is 32.8 Å². The highest BCUT2D eigenvalue weighted by molar-refractivity contribution is 5.92. The van der Waals surface area contributed by atoms with E-state index in [9.17, 15) is 9.18 Å². The number of halogens is 1. The topological polar surface area (TPSA) is 41.6 Å². The molecule has 0 bridgehead atoms. The average Bonchev–Trinajstić information content (AvgIpc) is 2.60. The molecule has 1 fully saturated rings. The number of anilines is 1. The average molecular weight is 356 g/mol. The summed E-state index contributed by atoms with van der Waals surface area (Å²) in [4.78, 5) is 14.2. The van der Waals surface area contributed by atoms with Crippen molar-refractivity contribution in [2.24, 2.45) is 0 Å². The maximum Gasteiger partial charge on any atom is 0.238 e. The first-order valence-electron chi connectivity index (χ1n) is 9.01. The molecule has 2 aromatic rings. The molecule has 0 unspecified atom stereocenters. The lowest BCUT2D eigenvalue weighted by atomic mass is 10.1. The van der Waals surface area contributed by atoms with Gasteiger partial charge in [-0.25, -0.2) is 4.39 Å². The number of nitrogens with zero attached hydrogens (tertiary/aromatic N) is 1. The van der Waals surface area contributed by atoms with Crippen LogP contribution >= 0.6 is 0 Å². The number of ether oxygens (including phenoxy) is 1. The van der Waals surface area contributed by atoms with Crippen LogP contribution in [-0.2, 0) is 4.79 Å². The molecule has 26 heavy (non-hydrogen) atoms. The molecule has 0 aromatic heterocycles. The number of nitrogens with one attached hydrogen (secondary N) is 1. The second kappa shape index (κ2) is 8.32. The predicted molar refractivity (Wildman–Crippen MR) is 101 cm³/mol. The van der Waals surface area contributed by atoms with Gasteiger partial charge in [0.1, 0.15) is 17.7 Å². The van der Waals surface area contributed by atoms with Gasteiger partial charge < -0.3 is 10.1 Å². The summed E-state index contributed by atoms with van der Waals surface area (Å²) < 4.78 is 19.3. The van der Waals surface area contributed by atoms with Crippen LogP contribution in [0.5, 0.6) is 5.75 Å².